The third kappa shape index (κ3) is 8.19. The number of hydrogen-bond acceptors (Lipinski definition) is 12. The molecule has 2 saturated carbocycles. The summed E-state index contributed by atoms with van der Waals surface area (Å²) in [6.45, 7) is 0. The van der Waals surface area contributed by atoms with E-state index in [2.05, 4.69) is 40.8 Å². The van der Waals surface area contributed by atoms with E-state index in [0.29, 0.717) is 81.1 Å². The highest BCUT2D eigenvalue weighted by molar-refractivity contribution is 7.90. The minimum absolute atomic E-state index is 0.0279. The Morgan fingerprint density at radius 1 is 0.562 bits per heavy atom. The molecule has 2 aromatic carbocycles. The quantitative estimate of drug-likeness (QED) is 0.173. The molecule has 0 saturated heterocycles. The van der Waals surface area contributed by atoms with Gasteiger partial charge in [0.15, 0.2) is 29.7 Å². The number of pyridine rings is 4. The second kappa shape index (κ2) is 15.8. The molecule has 2 amide bonds. The van der Waals surface area contributed by atoms with Crippen LogP contribution >= 0.6 is 0 Å². The molecule has 16 nitrogen and oxygen atoms in total. The minimum Gasteiger partial charge on any atom is -0.342 e. The molecule has 2 aliphatic rings. The summed E-state index contributed by atoms with van der Waals surface area (Å²) in [5, 5.41) is 15.9. The summed E-state index contributed by atoms with van der Waals surface area (Å²) < 4.78 is 77.2. The number of benzene rings is 2. The second-order valence-electron chi connectivity index (χ2n) is 15.7. The van der Waals surface area contributed by atoms with E-state index in [0.717, 1.165) is 12.5 Å². The maximum atomic E-state index is 13.3. The summed E-state index contributed by atoms with van der Waals surface area (Å²) in [4.78, 5) is 42.6. The smallest absolute Gasteiger partial charge is 0.254 e. The molecule has 0 bridgehead atoms. The van der Waals surface area contributed by atoms with Crippen LogP contribution in [0, 0.1) is 11.6 Å². The Morgan fingerprint density at radius 2 is 0.938 bits per heavy atom. The van der Waals surface area contributed by atoms with Crippen molar-refractivity contribution in [3.8, 4) is 11.4 Å². The summed E-state index contributed by atoms with van der Waals surface area (Å²) in [7, 11) is -6.92. The maximum Gasteiger partial charge on any atom is 0.254 e. The fraction of sp³-hybridized carbons (Fsp3) is 0.182. The molecule has 0 unspecified atom stereocenters. The third-order valence-corrected chi connectivity index (χ3v) is 13.1. The summed E-state index contributed by atoms with van der Waals surface area (Å²) >= 11 is 0. The molecule has 64 heavy (non-hydrogen) atoms. The first-order valence-corrected chi connectivity index (χ1v) is 23.5. The maximum absolute atomic E-state index is 13.3. The molecule has 8 aromatic rings. The van der Waals surface area contributed by atoms with E-state index in [9.17, 15) is 35.2 Å². The van der Waals surface area contributed by atoms with E-state index in [1.807, 2.05) is 0 Å². The lowest BCUT2D eigenvalue weighted by atomic mass is 10.1. The molecule has 6 heterocycles. The molecular weight excluding hydrogens is 867 g/mol. The van der Waals surface area contributed by atoms with E-state index in [1.54, 1.807) is 70.5 Å². The fourth-order valence-electron chi connectivity index (χ4n) is 7.43. The summed E-state index contributed by atoms with van der Waals surface area (Å²) in [5.41, 5.74) is 3.30. The number of nitrogens with one attached hydrogen (secondary N) is 2. The van der Waals surface area contributed by atoms with Crippen LogP contribution in [-0.2, 0) is 30.8 Å². The monoisotopic (exact) mass is 902 g/mol. The molecule has 2 fully saturated rings. The molecule has 0 atom stereocenters. The van der Waals surface area contributed by atoms with Crippen LogP contribution in [0.15, 0.2) is 132 Å². The van der Waals surface area contributed by atoms with Crippen LogP contribution in [0.4, 0.5) is 8.78 Å². The van der Waals surface area contributed by atoms with E-state index in [-0.39, 0.29) is 33.5 Å². The van der Waals surface area contributed by atoms with Gasteiger partial charge in [-0.3, -0.25) is 19.6 Å². The molecular formula is C44H36F2N10O6S2. The van der Waals surface area contributed by atoms with Gasteiger partial charge in [0, 0.05) is 48.1 Å². The van der Waals surface area contributed by atoms with Gasteiger partial charge in [0.05, 0.1) is 69.4 Å². The van der Waals surface area contributed by atoms with Crippen molar-refractivity contribution < 1.29 is 35.2 Å². The van der Waals surface area contributed by atoms with Gasteiger partial charge in [-0.15, -0.1) is 0 Å². The van der Waals surface area contributed by atoms with E-state index in [1.165, 1.54) is 61.2 Å². The van der Waals surface area contributed by atoms with Crippen molar-refractivity contribution in [2.45, 2.75) is 46.8 Å². The second-order valence-corrected chi connectivity index (χ2v) is 19.6. The Kier molecular flexibility index (Phi) is 10.4. The van der Waals surface area contributed by atoms with Crippen LogP contribution in [0.5, 0.6) is 0 Å². The van der Waals surface area contributed by atoms with Crippen LogP contribution in [0.3, 0.4) is 0 Å². The highest BCUT2D eigenvalue weighted by atomic mass is 32.2. The standard InChI is InChI=1S/2C22H18FN5O3S/c2*1-32(30,31)20-10-14(6-9-25-20)22(7-8-22)27-21(29)18-11-24-13-19-17(18)12-26-28(19)16-4-2-15(23)3-5-16/h2*2-6,9-13H,7-8H2,1H3,(H,27,29). The average molecular weight is 903 g/mol. The van der Waals surface area contributed by atoms with Crippen LogP contribution in [0.25, 0.3) is 33.2 Å². The Morgan fingerprint density at radius 3 is 1.28 bits per heavy atom. The molecule has 2 N–H and O–H groups in total. The average Bonchev–Trinajstić information content (AvgIpc) is 4.15. The van der Waals surface area contributed by atoms with Gasteiger partial charge in [-0.2, -0.15) is 10.2 Å². The first kappa shape index (κ1) is 42.0. The summed E-state index contributed by atoms with van der Waals surface area (Å²) in [6.07, 6.45) is 17.1. The molecule has 20 heteroatoms. The normalized spacial score (nSPS) is 14.9. The first-order valence-electron chi connectivity index (χ1n) is 19.7. The molecule has 324 valence electrons. The van der Waals surface area contributed by atoms with Crippen molar-refractivity contribution >= 4 is 53.3 Å². The molecule has 10 rings (SSSR count). The molecule has 0 aliphatic heterocycles. The number of fused-ring (bicyclic) bond motifs is 2. The zero-order chi connectivity index (χ0) is 45.0. The van der Waals surface area contributed by atoms with Crippen LogP contribution in [-0.4, -0.2) is 80.7 Å². The number of rotatable bonds is 10. The van der Waals surface area contributed by atoms with Crippen molar-refractivity contribution in [2.24, 2.45) is 0 Å². The highest BCUT2D eigenvalue weighted by Crippen LogP contribution is 2.47. The first-order chi connectivity index (χ1) is 30.5. The van der Waals surface area contributed by atoms with Crippen molar-refractivity contribution in [1.82, 2.24) is 50.1 Å². The highest BCUT2D eigenvalue weighted by Gasteiger charge is 2.47. The number of halogens is 2. The van der Waals surface area contributed by atoms with Crippen molar-refractivity contribution in [3.63, 3.8) is 0 Å². The van der Waals surface area contributed by atoms with Crippen LogP contribution in [0.2, 0.25) is 0 Å². The van der Waals surface area contributed by atoms with Gasteiger partial charge in [0.2, 0.25) is 0 Å². The number of carbonyl (C=O) groups excluding carboxylic acids is 2. The van der Waals surface area contributed by atoms with Crippen molar-refractivity contribution in [2.75, 3.05) is 12.5 Å². The Hall–Kier alpha value is -7.32. The SMILES string of the molecule is CS(=O)(=O)c1cc(C2(NC(=O)c3cncc4c3cnn4-c3ccc(F)cc3)CC2)ccn1.CS(=O)(=O)c1cc(C2(NC(=O)c3cncc4c3cnn4-c3ccc(F)cc3)CC2)ccn1. The van der Waals surface area contributed by atoms with Gasteiger partial charge in [0.1, 0.15) is 11.6 Å². The third-order valence-electron chi connectivity index (χ3n) is 11.2. The Balaban J connectivity index is 0.000000162. The number of aromatic nitrogens is 8. The Bertz CT molecular complexity index is 3150. The number of sulfone groups is 2. The molecule has 6 aromatic heterocycles. The molecule has 0 radical (unpaired) electrons. The Labute approximate surface area is 364 Å². The van der Waals surface area contributed by atoms with Gasteiger partial charge in [-0.05, 0) is 110 Å². The van der Waals surface area contributed by atoms with E-state index in [4.69, 9.17) is 0 Å². The zero-order valence-corrected chi connectivity index (χ0v) is 35.6. The number of nitrogens with zero attached hydrogens (tertiary/aromatic N) is 8. The van der Waals surface area contributed by atoms with Gasteiger partial charge >= 0.3 is 0 Å². The van der Waals surface area contributed by atoms with Crippen LogP contribution in [0.1, 0.15) is 57.5 Å². The molecule has 2 aliphatic carbocycles. The lowest BCUT2D eigenvalue weighted by Crippen LogP contribution is -2.35. The van der Waals surface area contributed by atoms with Gasteiger partial charge in [-0.1, -0.05) is 0 Å². The van der Waals surface area contributed by atoms with Crippen molar-refractivity contribution in [3.05, 3.63) is 156 Å². The van der Waals surface area contributed by atoms with E-state index < -0.39 is 30.8 Å². The summed E-state index contributed by atoms with van der Waals surface area (Å²) in [6, 6.07) is 18.2. The number of amides is 2. The lowest BCUT2D eigenvalue weighted by molar-refractivity contribution is 0.0923. The minimum atomic E-state index is -3.46. The van der Waals surface area contributed by atoms with E-state index >= 15 is 0 Å². The predicted octanol–water partition coefficient (Wildman–Crippen LogP) is 5.55. The van der Waals surface area contributed by atoms with Crippen molar-refractivity contribution in [1.29, 1.82) is 0 Å². The molecule has 0 spiro atoms. The van der Waals surface area contributed by atoms with Crippen LogP contribution < -0.4 is 10.6 Å². The van der Waals surface area contributed by atoms with Gasteiger partial charge < -0.3 is 10.6 Å². The topological polar surface area (TPSA) is 214 Å². The van der Waals surface area contributed by atoms with Gasteiger partial charge in [0.25, 0.3) is 11.8 Å². The fourth-order valence-corrected chi connectivity index (χ4v) is 8.62. The predicted molar refractivity (Wildman–Crippen MR) is 229 cm³/mol. The lowest BCUT2D eigenvalue weighted by Gasteiger charge is -2.18. The largest absolute Gasteiger partial charge is 0.342 e. The van der Waals surface area contributed by atoms with Gasteiger partial charge in [-0.25, -0.2) is 44.9 Å². The summed E-state index contributed by atoms with van der Waals surface area (Å²) in [5.74, 6) is -1.38. The number of carbonyl (C=O) groups is 2. The number of hydrogen-bond donors (Lipinski definition) is 2. The zero-order valence-electron chi connectivity index (χ0n) is 34.0.